The maximum Gasteiger partial charge on any atom is 0.123 e. The molecule has 0 aliphatic rings. The van der Waals surface area contributed by atoms with Crippen LogP contribution in [0.2, 0.25) is 0 Å². The molecule has 0 fully saturated rings. The summed E-state index contributed by atoms with van der Waals surface area (Å²) in [6.07, 6.45) is -0.648. The maximum absolute atomic E-state index is 9.30. The molecule has 5 heteroatoms. The number of aliphatic hydroxyl groups excluding tert-OH is 2. The highest BCUT2D eigenvalue weighted by molar-refractivity contribution is 7.99. The molecule has 0 radical (unpaired) electrons. The predicted octanol–water partition coefficient (Wildman–Crippen LogP) is 1.04. The molecule has 4 nitrogen and oxygen atoms in total. The van der Waals surface area contributed by atoms with Crippen molar-refractivity contribution in [3.05, 3.63) is 29.8 Å². The lowest BCUT2D eigenvalue weighted by Crippen LogP contribution is -2.21. The van der Waals surface area contributed by atoms with Gasteiger partial charge in [-0.1, -0.05) is 18.2 Å². The number of para-hydroxylation sites is 1. The molecule has 0 aliphatic heterocycles. The summed E-state index contributed by atoms with van der Waals surface area (Å²) in [5.74, 6) is 2.21. The SMILES string of the molecule is CNC(CSCC(O)CO)c1ccccc1OC. The summed E-state index contributed by atoms with van der Waals surface area (Å²) in [5, 5.41) is 21.3. The number of thioether (sulfide) groups is 1. The number of rotatable bonds is 8. The molecule has 0 saturated heterocycles. The fourth-order valence-corrected chi connectivity index (χ4v) is 2.75. The fraction of sp³-hybridized carbons (Fsp3) is 0.538. The number of aliphatic hydroxyl groups is 2. The molecule has 2 unspecified atom stereocenters. The van der Waals surface area contributed by atoms with Crippen LogP contribution in [0.5, 0.6) is 5.75 Å². The molecule has 1 rings (SSSR count). The topological polar surface area (TPSA) is 61.7 Å². The van der Waals surface area contributed by atoms with E-state index >= 15 is 0 Å². The van der Waals surface area contributed by atoms with Gasteiger partial charge in [-0.15, -0.1) is 0 Å². The molecular weight excluding hydrogens is 250 g/mol. The molecule has 102 valence electrons. The largest absolute Gasteiger partial charge is 0.496 e. The molecule has 1 aromatic rings. The van der Waals surface area contributed by atoms with Crippen LogP contribution in [-0.4, -0.2) is 48.6 Å². The number of nitrogens with one attached hydrogen (secondary N) is 1. The highest BCUT2D eigenvalue weighted by Gasteiger charge is 2.14. The Morgan fingerprint density at radius 1 is 1.33 bits per heavy atom. The lowest BCUT2D eigenvalue weighted by Gasteiger charge is -2.19. The van der Waals surface area contributed by atoms with Crippen LogP contribution in [0, 0.1) is 0 Å². The Morgan fingerprint density at radius 3 is 2.67 bits per heavy atom. The number of hydrogen-bond acceptors (Lipinski definition) is 5. The minimum Gasteiger partial charge on any atom is -0.496 e. The average Bonchev–Trinajstić information content (AvgIpc) is 2.43. The summed E-state index contributed by atoms with van der Waals surface area (Å²) in [6, 6.07) is 8.06. The molecule has 0 aromatic heterocycles. The van der Waals surface area contributed by atoms with Gasteiger partial charge in [-0.05, 0) is 13.1 Å². The smallest absolute Gasteiger partial charge is 0.123 e. The summed E-state index contributed by atoms with van der Waals surface area (Å²) in [6.45, 7) is -0.189. The Hall–Kier alpha value is -0.750. The lowest BCUT2D eigenvalue weighted by molar-refractivity contribution is 0.113. The van der Waals surface area contributed by atoms with Crippen molar-refractivity contribution in [1.29, 1.82) is 0 Å². The van der Waals surface area contributed by atoms with Crippen LogP contribution in [0.15, 0.2) is 24.3 Å². The Morgan fingerprint density at radius 2 is 2.06 bits per heavy atom. The van der Waals surface area contributed by atoms with Crippen molar-refractivity contribution < 1.29 is 14.9 Å². The summed E-state index contributed by atoms with van der Waals surface area (Å²) in [5.41, 5.74) is 1.11. The standard InChI is InChI=1S/C13H21NO3S/c1-14-12(9-18-8-10(16)7-15)11-5-3-4-6-13(11)17-2/h3-6,10,12,14-16H,7-9H2,1-2H3. The van der Waals surface area contributed by atoms with Crippen LogP contribution in [0.3, 0.4) is 0 Å². The molecule has 0 spiro atoms. The minimum atomic E-state index is -0.648. The van der Waals surface area contributed by atoms with E-state index in [0.717, 1.165) is 17.1 Å². The van der Waals surface area contributed by atoms with E-state index in [9.17, 15) is 5.11 Å². The second-order valence-electron chi connectivity index (χ2n) is 3.96. The first-order chi connectivity index (χ1) is 8.72. The molecule has 0 aliphatic carbocycles. The molecule has 0 heterocycles. The number of benzene rings is 1. The molecule has 18 heavy (non-hydrogen) atoms. The molecule has 1 aromatic carbocycles. The van der Waals surface area contributed by atoms with Gasteiger partial charge in [0.25, 0.3) is 0 Å². The van der Waals surface area contributed by atoms with Gasteiger partial charge >= 0.3 is 0 Å². The highest BCUT2D eigenvalue weighted by atomic mass is 32.2. The summed E-state index contributed by atoms with van der Waals surface area (Å²) >= 11 is 1.60. The lowest BCUT2D eigenvalue weighted by atomic mass is 10.1. The van der Waals surface area contributed by atoms with Crippen LogP contribution in [0.25, 0.3) is 0 Å². The zero-order valence-electron chi connectivity index (χ0n) is 10.8. The normalized spacial score (nSPS) is 14.2. The number of ether oxygens (including phenoxy) is 1. The van der Waals surface area contributed by atoms with E-state index in [1.54, 1.807) is 18.9 Å². The first-order valence-corrected chi connectivity index (χ1v) is 7.05. The third-order valence-electron chi connectivity index (χ3n) is 2.67. The third kappa shape index (κ3) is 4.49. The van der Waals surface area contributed by atoms with Crippen LogP contribution >= 0.6 is 11.8 Å². The molecule has 0 amide bonds. The van der Waals surface area contributed by atoms with E-state index in [1.807, 2.05) is 31.3 Å². The van der Waals surface area contributed by atoms with Crippen molar-refractivity contribution in [2.75, 3.05) is 32.3 Å². The van der Waals surface area contributed by atoms with Crippen LogP contribution in [-0.2, 0) is 0 Å². The van der Waals surface area contributed by atoms with E-state index in [-0.39, 0.29) is 12.6 Å². The van der Waals surface area contributed by atoms with Gasteiger partial charge < -0.3 is 20.3 Å². The van der Waals surface area contributed by atoms with E-state index in [2.05, 4.69) is 5.32 Å². The van der Waals surface area contributed by atoms with E-state index in [4.69, 9.17) is 9.84 Å². The van der Waals surface area contributed by atoms with Crippen LogP contribution in [0.1, 0.15) is 11.6 Å². The summed E-state index contributed by atoms with van der Waals surface area (Å²) in [4.78, 5) is 0. The van der Waals surface area contributed by atoms with Gasteiger partial charge in [0.2, 0.25) is 0 Å². The Balaban J connectivity index is 2.59. The predicted molar refractivity (Wildman–Crippen MR) is 75.2 cm³/mol. The maximum atomic E-state index is 9.30. The van der Waals surface area contributed by atoms with E-state index in [0.29, 0.717) is 5.75 Å². The Kier molecular flexibility index (Phi) is 7.12. The number of hydrogen-bond donors (Lipinski definition) is 3. The van der Waals surface area contributed by atoms with Crippen LogP contribution in [0.4, 0.5) is 0 Å². The highest BCUT2D eigenvalue weighted by Crippen LogP contribution is 2.27. The van der Waals surface area contributed by atoms with E-state index < -0.39 is 6.10 Å². The molecular formula is C13H21NO3S. The van der Waals surface area contributed by atoms with Gasteiger partial charge in [0.05, 0.1) is 19.8 Å². The first kappa shape index (κ1) is 15.3. The molecule has 0 saturated carbocycles. The first-order valence-electron chi connectivity index (χ1n) is 5.89. The average molecular weight is 271 g/mol. The molecule has 2 atom stereocenters. The van der Waals surface area contributed by atoms with Crippen molar-refractivity contribution in [1.82, 2.24) is 5.32 Å². The summed E-state index contributed by atoms with van der Waals surface area (Å²) in [7, 11) is 3.56. The Bertz CT molecular complexity index is 349. The van der Waals surface area contributed by atoms with Gasteiger partial charge in [-0.25, -0.2) is 0 Å². The fourth-order valence-electron chi connectivity index (χ4n) is 1.66. The van der Waals surface area contributed by atoms with Gasteiger partial charge in [0, 0.05) is 23.1 Å². The van der Waals surface area contributed by atoms with Crippen molar-refractivity contribution in [3.8, 4) is 5.75 Å². The zero-order chi connectivity index (χ0) is 13.4. The van der Waals surface area contributed by atoms with Gasteiger partial charge in [0.1, 0.15) is 5.75 Å². The van der Waals surface area contributed by atoms with Gasteiger partial charge in [-0.2, -0.15) is 11.8 Å². The van der Waals surface area contributed by atoms with E-state index in [1.165, 1.54) is 0 Å². The molecule has 0 bridgehead atoms. The van der Waals surface area contributed by atoms with Gasteiger partial charge in [-0.3, -0.25) is 0 Å². The minimum absolute atomic E-state index is 0.164. The third-order valence-corrected chi connectivity index (χ3v) is 3.86. The number of methoxy groups -OCH3 is 1. The van der Waals surface area contributed by atoms with Crippen molar-refractivity contribution in [3.63, 3.8) is 0 Å². The zero-order valence-corrected chi connectivity index (χ0v) is 11.6. The van der Waals surface area contributed by atoms with Crippen molar-refractivity contribution >= 4 is 11.8 Å². The van der Waals surface area contributed by atoms with Crippen molar-refractivity contribution in [2.45, 2.75) is 12.1 Å². The Labute approximate surface area is 112 Å². The second kappa shape index (κ2) is 8.37. The quantitative estimate of drug-likeness (QED) is 0.659. The molecule has 3 N–H and O–H groups in total. The van der Waals surface area contributed by atoms with Crippen molar-refractivity contribution in [2.24, 2.45) is 0 Å². The second-order valence-corrected chi connectivity index (χ2v) is 5.03. The monoisotopic (exact) mass is 271 g/mol. The summed E-state index contributed by atoms with van der Waals surface area (Å²) < 4.78 is 5.34. The van der Waals surface area contributed by atoms with Crippen LogP contribution < -0.4 is 10.1 Å². The van der Waals surface area contributed by atoms with Gasteiger partial charge in [0.15, 0.2) is 0 Å².